The molecule has 0 saturated carbocycles. The van der Waals surface area contributed by atoms with Crippen LogP contribution in [0.2, 0.25) is 0 Å². The zero-order chi connectivity index (χ0) is 26.2. The van der Waals surface area contributed by atoms with Crippen LogP contribution in [0.5, 0.6) is 0 Å². The summed E-state index contributed by atoms with van der Waals surface area (Å²) in [5.74, 6) is 0. The summed E-state index contributed by atoms with van der Waals surface area (Å²) in [5, 5.41) is 3.55. The molecule has 0 bridgehead atoms. The fourth-order valence-corrected chi connectivity index (χ4v) is 6.06. The van der Waals surface area contributed by atoms with Crippen LogP contribution in [0.4, 0.5) is 11.4 Å². The second-order valence-corrected chi connectivity index (χ2v) is 10.4. The number of rotatable bonds is 5. The van der Waals surface area contributed by atoms with E-state index in [4.69, 9.17) is 0 Å². The lowest BCUT2D eigenvalue weighted by Gasteiger charge is -2.28. The molecule has 0 atom stereocenters. The molecular weight excluding hydrogens is 470 g/mol. The molecule has 6 aromatic carbocycles. The molecule has 186 valence electrons. The Morgan fingerprint density at radius 1 is 0.410 bits per heavy atom. The van der Waals surface area contributed by atoms with Gasteiger partial charge in [-0.2, -0.15) is 0 Å². The summed E-state index contributed by atoms with van der Waals surface area (Å²) in [5.41, 5.74) is 13.6. The molecule has 1 nitrogen and oxygen atoms in total. The molecule has 0 radical (unpaired) electrons. The smallest absolute Gasteiger partial charge is 0.0435 e. The number of fused-ring (bicyclic) bond motifs is 3. The molecule has 0 spiro atoms. The Balaban J connectivity index is 1.16. The topological polar surface area (TPSA) is 12.0 Å². The van der Waals surface area contributed by atoms with Crippen molar-refractivity contribution >= 4 is 11.4 Å². The molecule has 0 aliphatic heterocycles. The van der Waals surface area contributed by atoms with E-state index >= 15 is 0 Å². The maximum atomic E-state index is 3.55. The summed E-state index contributed by atoms with van der Waals surface area (Å²) in [4.78, 5) is 0. The summed E-state index contributed by atoms with van der Waals surface area (Å²) in [7, 11) is 0. The molecule has 0 unspecified atom stereocenters. The van der Waals surface area contributed by atoms with Gasteiger partial charge in [0.2, 0.25) is 0 Å². The van der Waals surface area contributed by atoms with Crippen LogP contribution in [0.3, 0.4) is 0 Å². The Labute approximate surface area is 230 Å². The maximum Gasteiger partial charge on any atom is 0.0435 e. The maximum absolute atomic E-state index is 3.55. The van der Waals surface area contributed by atoms with E-state index in [-0.39, 0.29) is 5.41 Å². The first kappa shape index (κ1) is 23.3. The highest BCUT2D eigenvalue weighted by molar-refractivity contribution is 5.83. The number of benzene rings is 6. The number of nitrogens with one attached hydrogen (secondary N) is 1. The Bertz CT molecular complexity index is 1720. The summed E-state index contributed by atoms with van der Waals surface area (Å²) in [6.45, 7) is 2.37. The van der Waals surface area contributed by atoms with Gasteiger partial charge in [-0.1, -0.05) is 121 Å². The predicted molar refractivity (Wildman–Crippen MR) is 164 cm³/mol. The van der Waals surface area contributed by atoms with E-state index in [0.717, 1.165) is 11.4 Å². The molecule has 0 aromatic heterocycles. The Morgan fingerprint density at radius 3 is 1.46 bits per heavy atom. The van der Waals surface area contributed by atoms with Gasteiger partial charge in [-0.15, -0.1) is 0 Å². The van der Waals surface area contributed by atoms with Crippen molar-refractivity contribution in [1.82, 2.24) is 0 Å². The van der Waals surface area contributed by atoms with Crippen molar-refractivity contribution in [3.8, 4) is 33.4 Å². The highest BCUT2D eigenvalue weighted by Crippen LogP contribution is 2.52. The first-order chi connectivity index (χ1) is 19.2. The van der Waals surface area contributed by atoms with Gasteiger partial charge in [0, 0.05) is 16.8 Å². The van der Waals surface area contributed by atoms with Crippen LogP contribution in [0.1, 0.15) is 23.6 Å². The first-order valence-electron chi connectivity index (χ1n) is 13.5. The van der Waals surface area contributed by atoms with Crippen molar-refractivity contribution in [1.29, 1.82) is 0 Å². The number of hydrogen-bond acceptors (Lipinski definition) is 1. The Hall–Kier alpha value is -4.88. The SMILES string of the molecule is CC1(c2cccc(-c3ccc(Nc4ccc(-c5ccccc5)cc4)cc3)c2)c2ccccc2-c2ccccc21. The monoisotopic (exact) mass is 499 g/mol. The Kier molecular flexibility index (Phi) is 5.64. The summed E-state index contributed by atoms with van der Waals surface area (Å²) < 4.78 is 0. The van der Waals surface area contributed by atoms with Crippen molar-refractivity contribution < 1.29 is 0 Å². The second-order valence-electron chi connectivity index (χ2n) is 10.4. The van der Waals surface area contributed by atoms with Gasteiger partial charge in [0.25, 0.3) is 0 Å². The molecule has 1 heteroatoms. The van der Waals surface area contributed by atoms with Crippen molar-refractivity contribution in [2.24, 2.45) is 0 Å². The van der Waals surface area contributed by atoms with Gasteiger partial charge in [0.05, 0.1) is 0 Å². The molecule has 1 aliphatic carbocycles. The second kappa shape index (κ2) is 9.45. The average molecular weight is 500 g/mol. The summed E-state index contributed by atoms with van der Waals surface area (Å²) in [6.07, 6.45) is 0. The molecule has 0 fully saturated rings. The van der Waals surface area contributed by atoms with Crippen molar-refractivity contribution in [2.75, 3.05) is 5.32 Å². The van der Waals surface area contributed by atoms with Crippen LogP contribution >= 0.6 is 0 Å². The molecule has 1 N–H and O–H groups in total. The predicted octanol–water partition coefficient (Wildman–Crippen LogP) is 10.1. The van der Waals surface area contributed by atoms with E-state index < -0.39 is 0 Å². The first-order valence-corrected chi connectivity index (χ1v) is 13.5. The Morgan fingerprint density at radius 2 is 0.872 bits per heavy atom. The van der Waals surface area contributed by atoms with Crippen molar-refractivity contribution in [3.63, 3.8) is 0 Å². The number of anilines is 2. The highest BCUT2D eigenvalue weighted by atomic mass is 14.9. The molecule has 0 amide bonds. The quantitative estimate of drug-likeness (QED) is 0.249. The fourth-order valence-electron chi connectivity index (χ4n) is 6.06. The van der Waals surface area contributed by atoms with Crippen LogP contribution in [0, 0.1) is 0 Å². The molecule has 6 aromatic rings. The highest BCUT2D eigenvalue weighted by Gasteiger charge is 2.40. The summed E-state index contributed by atoms with van der Waals surface area (Å²) >= 11 is 0. The van der Waals surface area contributed by atoms with Crippen LogP contribution in [-0.4, -0.2) is 0 Å². The minimum Gasteiger partial charge on any atom is -0.356 e. The van der Waals surface area contributed by atoms with Crippen molar-refractivity contribution in [3.05, 3.63) is 168 Å². The zero-order valence-corrected chi connectivity index (χ0v) is 21.9. The molecule has 1 aliphatic rings. The van der Waals surface area contributed by atoms with Crippen LogP contribution < -0.4 is 5.32 Å². The van der Waals surface area contributed by atoms with Crippen LogP contribution in [-0.2, 0) is 5.41 Å². The standard InChI is InChI=1S/C38H29N/c1-38(36-16-7-5-14-34(36)35-15-6-8-17-37(35)38)31-13-9-12-30(26-31)29-20-24-33(25-21-29)39-32-22-18-28(19-23-32)27-10-3-2-4-11-27/h2-26,39H,1H3. The summed E-state index contributed by atoms with van der Waals surface area (Å²) in [6, 6.07) is 54.6. The lowest BCUT2D eigenvalue weighted by atomic mass is 9.74. The van der Waals surface area contributed by atoms with E-state index in [1.165, 1.54) is 50.1 Å². The lowest BCUT2D eigenvalue weighted by Crippen LogP contribution is -2.22. The molecule has 39 heavy (non-hydrogen) atoms. The van der Waals surface area contributed by atoms with Gasteiger partial charge in [-0.25, -0.2) is 0 Å². The van der Waals surface area contributed by atoms with E-state index in [0.29, 0.717) is 0 Å². The minimum absolute atomic E-state index is 0.184. The zero-order valence-electron chi connectivity index (χ0n) is 21.9. The molecule has 0 saturated heterocycles. The van der Waals surface area contributed by atoms with Gasteiger partial charge >= 0.3 is 0 Å². The van der Waals surface area contributed by atoms with E-state index in [1.807, 2.05) is 6.07 Å². The van der Waals surface area contributed by atoms with E-state index in [1.54, 1.807) is 0 Å². The van der Waals surface area contributed by atoms with Gasteiger partial charge in [0.15, 0.2) is 0 Å². The van der Waals surface area contributed by atoms with Gasteiger partial charge < -0.3 is 5.32 Å². The van der Waals surface area contributed by atoms with E-state index in [2.05, 4.69) is 158 Å². The fraction of sp³-hybridized carbons (Fsp3) is 0.0526. The third kappa shape index (κ3) is 4.04. The van der Waals surface area contributed by atoms with E-state index in [9.17, 15) is 0 Å². The van der Waals surface area contributed by atoms with Gasteiger partial charge in [-0.05, 0) is 87.3 Å². The normalized spacial score (nSPS) is 12.9. The molecule has 7 rings (SSSR count). The minimum atomic E-state index is -0.184. The van der Waals surface area contributed by atoms with Crippen molar-refractivity contribution in [2.45, 2.75) is 12.3 Å². The van der Waals surface area contributed by atoms with Crippen LogP contribution in [0.25, 0.3) is 33.4 Å². The number of hydrogen-bond donors (Lipinski definition) is 1. The van der Waals surface area contributed by atoms with Crippen LogP contribution in [0.15, 0.2) is 152 Å². The molecular formula is C38H29N. The lowest BCUT2D eigenvalue weighted by molar-refractivity contribution is 0.714. The van der Waals surface area contributed by atoms with Gasteiger partial charge in [-0.3, -0.25) is 0 Å². The largest absolute Gasteiger partial charge is 0.356 e. The third-order valence-electron chi connectivity index (χ3n) is 8.16. The molecule has 0 heterocycles. The average Bonchev–Trinajstić information content (AvgIpc) is 3.28. The van der Waals surface area contributed by atoms with Gasteiger partial charge in [0.1, 0.15) is 0 Å². The third-order valence-corrected chi connectivity index (χ3v) is 8.16.